The van der Waals surface area contributed by atoms with Crippen molar-refractivity contribution >= 4 is 29.9 Å². The maximum atomic E-state index is 13.0. The Morgan fingerprint density at radius 1 is 1.23 bits per heavy atom. The van der Waals surface area contributed by atoms with Gasteiger partial charge in [-0.1, -0.05) is 18.2 Å². The highest BCUT2D eigenvalue weighted by Gasteiger charge is 2.41. The fourth-order valence-electron chi connectivity index (χ4n) is 3.29. The van der Waals surface area contributed by atoms with Crippen molar-refractivity contribution in [3.8, 4) is 0 Å². The third-order valence-electron chi connectivity index (χ3n) is 5.04. The van der Waals surface area contributed by atoms with Crippen LogP contribution in [0.4, 0.5) is 5.69 Å². The summed E-state index contributed by atoms with van der Waals surface area (Å²) in [4.78, 5) is 27.1. The van der Waals surface area contributed by atoms with Crippen molar-refractivity contribution in [2.24, 2.45) is 11.1 Å². The van der Waals surface area contributed by atoms with Crippen LogP contribution in [0.3, 0.4) is 0 Å². The molecule has 0 bridgehead atoms. The van der Waals surface area contributed by atoms with E-state index in [2.05, 4.69) is 5.32 Å². The molecule has 2 rings (SSSR count). The predicted molar refractivity (Wildman–Crippen MR) is 106 cm³/mol. The molecule has 0 radical (unpaired) electrons. The van der Waals surface area contributed by atoms with Crippen LogP contribution < -0.4 is 11.1 Å². The summed E-state index contributed by atoms with van der Waals surface area (Å²) in [6.45, 7) is 7.66. The first-order valence-corrected chi connectivity index (χ1v) is 8.87. The minimum atomic E-state index is -0.604. The number of nitrogens with two attached hydrogens (primary N) is 1. The molecule has 0 unspecified atom stereocenters. The third kappa shape index (κ3) is 4.96. The van der Waals surface area contributed by atoms with Crippen LogP contribution >= 0.6 is 12.4 Å². The molecule has 1 aliphatic heterocycles. The number of anilines is 1. The third-order valence-corrected chi connectivity index (χ3v) is 5.04. The van der Waals surface area contributed by atoms with Gasteiger partial charge in [-0.05, 0) is 44.7 Å². The van der Waals surface area contributed by atoms with E-state index in [1.54, 1.807) is 4.90 Å². The minimum Gasteiger partial charge on any atom is -0.381 e. The van der Waals surface area contributed by atoms with E-state index in [9.17, 15) is 9.59 Å². The Kier molecular flexibility index (Phi) is 8.53. The number of rotatable bonds is 6. The van der Waals surface area contributed by atoms with E-state index in [-0.39, 0.29) is 37.3 Å². The lowest BCUT2D eigenvalue weighted by atomic mass is 9.79. The molecular formula is C19H30ClN3O3. The molecule has 1 fully saturated rings. The highest BCUT2D eigenvalue weighted by atomic mass is 35.5. The summed E-state index contributed by atoms with van der Waals surface area (Å²) in [6, 6.07) is 5.87. The van der Waals surface area contributed by atoms with E-state index in [1.165, 1.54) is 0 Å². The van der Waals surface area contributed by atoms with Crippen molar-refractivity contribution in [3.05, 3.63) is 29.3 Å². The summed E-state index contributed by atoms with van der Waals surface area (Å²) in [7, 11) is 0. The molecule has 0 spiro atoms. The fraction of sp³-hybridized carbons (Fsp3) is 0.579. The van der Waals surface area contributed by atoms with Crippen molar-refractivity contribution < 1.29 is 14.3 Å². The maximum Gasteiger partial charge on any atom is 0.244 e. The number of ether oxygens (including phenoxy) is 1. The maximum absolute atomic E-state index is 13.0. The number of hydrogen-bond acceptors (Lipinski definition) is 4. The lowest BCUT2D eigenvalue weighted by Gasteiger charge is -2.38. The van der Waals surface area contributed by atoms with Crippen LogP contribution in [0.25, 0.3) is 0 Å². The first-order valence-electron chi connectivity index (χ1n) is 8.87. The molecule has 146 valence electrons. The predicted octanol–water partition coefficient (Wildman–Crippen LogP) is 2.27. The molecule has 6 nitrogen and oxygen atoms in total. The van der Waals surface area contributed by atoms with Gasteiger partial charge in [-0.15, -0.1) is 12.4 Å². The quantitative estimate of drug-likeness (QED) is 0.789. The van der Waals surface area contributed by atoms with Gasteiger partial charge < -0.3 is 20.7 Å². The zero-order valence-electron chi connectivity index (χ0n) is 15.8. The van der Waals surface area contributed by atoms with Crippen molar-refractivity contribution in [3.63, 3.8) is 0 Å². The highest BCUT2D eigenvalue weighted by Crippen LogP contribution is 2.31. The van der Waals surface area contributed by atoms with Crippen LogP contribution in [-0.4, -0.2) is 49.6 Å². The monoisotopic (exact) mass is 383 g/mol. The molecule has 1 aromatic rings. The summed E-state index contributed by atoms with van der Waals surface area (Å²) in [5, 5.41) is 2.94. The first-order chi connectivity index (χ1) is 11.9. The number of carbonyl (C=O) groups excluding carboxylic acids is 2. The number of para-hydroxylation sites is 1. The Balaban J connectivity index is 0.00000338. The Hall–Kier alpha value is -1.63. The topological polar surface area (TPSA) is 84.7 Å². The van der Waals surface area contributed by atoms with Crippen molar-refractivity contribution in [2.75, 3.05) is 38.2 Å². The lowest BCUT2D eigenvalue weighted by molar-refractivity contribution is -0.148. The SMILES string of the molecule is CCN(CC(=O)Nc1c(C)cccc1C)C(=O)C1(CN)CCOCC1.Cl. The van der Waals surface area contributed by atoms with Crippen molar-refractivity contribution in [1.82, 2.24) is 4.90 Å². The molecule has 2 amide bonds. The lowest BCUT2D eigenvalue weighted by Crippen LogP contribution is -2.52. The van der Waals surface area contributed by atoms with E-state index in [4.69, 9.17) is 10.5 Å². The number of hydrogen-bond donors (Lipinski definition) is 2. The highest BCUT2D eigenvalue weighted by molar-refractivity contribution is 5.96. The summed E-state index contributed by atoms with van der Waals surface area (Å²) < 4.78 is 5.37. The van der Waals surface area contributed by atoms with Crippen LogP contribution in [0.1, 0.15) is 30.9 Å². The fourth-order valence-corrected chi connectivity index (χ4v) is 3.29. The molecule has 0 aromatic heterocycles. The summed E-state index contributed by atoms with van der Waals surface area (Å²) in [6.07, 6.45) is 1.22. The van der Waals surface area contributed by atoms with E-state index in [1.807, 2.05) is 39.0 Å². The number of amides is 2. The average molecular weight is 384 g/mol. The summed E-state index contributed by atoms with van der Waals surface area (Å²) in [5.41, 5.74) is 8.14. The van der Waals surface area contributed by atoms with Crippen molar-refractivity contribution in [1.29, 1.82) is 0 Å². The number of nitrogens with zero attached hydrogens (tertiary/aromatic N) is 1. The van der Waals surface area contributed by atoms with E-state index in [0.29, 0.717) is 32.6 Å². The number of nitrogens with one attached hydrogen (secondary N) is 1. The van der Waals surface area contributed by atoms with Crippen LogP contribution in [0, 0.1) is 19.3 Å². The molecule has 26 heavy (non-hydrogen) atoms. The van der Waals surface area contributed by atoms with Gasteiger partial charge in [0.1, 0.15) is 0 Å². The first kappa shape index (κ1) is 22.4. The van der Waals surface area contributed by atoms with Crippen molar-refractivity contribution in [2.45, 2.75) is 33.6 Å². The van der Waals surface area contributed by atoms with Crippen LogP contribution in [0.5, 0.6) is 0 Å². The number of carbonyl (C=O) groups is 2. The Labute approximate surface area is 161 Å². The second-order valence-corrected chi connectivity index (χ2v) is 6.73. The molecule has 7 heteroatoms. The Morgan fingerprint density at radius 3 is 2.31 bits per heavy atom. The summed E-state index contributed by atoms with van der Waals surface area (Å²) in [5.74, 6) is -0.232. The largest absolute Gasteiger partial charge is 0.381 e. The molecular weight excluding hydrogens is 354 g/mol. The molecule has 3 N–H and O–H groups in total. The number of aryl methyl sites for hydroxylation is 2. The normalized spacial score (nSPS) is 15.7. The van der Waals surface area contributed by atoms with E-state index in [0.717, 1.165) is 16.8 Å². The van der Waals surface area contributed by atoms with Crippen LogP contribution in [-0.2, 0) is 14.3 Å². The second-order valence-electron chi connectivity index (χ2n) is 6.73. The average Bonchev–Trinajstić information content (AvgIpc) is 2.63. The Morgan fingerprint density at radius 2 is 1.81 bits per heavy atom. The van der Waals surface area contributed by atoms with Gasteiger partial charge in [-0.3, -0.25) is 9.59 Å². The molecule has 1 aliphatic rings. The van der Waals surface area contributed by atoms with Gasteiger partial charge in [-0.25, -0.2) is 0 Å². The molecule has 0 saturated carbocycles. The zero-order chi connectivity index (χ0) is 18.4. The molecule has 0 aliphatic carbocycles. The van der Waals surface area contributed by atoms with Gasteiger partial charge in [0.05, 0.1) is 12.0 Å². The van der Waals surface area contributed by atoms with Gasteiger partial charge in [0.25, 0.3) is 0 Å². The smallest absolute Gasteiger partial charge is 0.244 e. The second kappa shape index (κ2) is 9.90. The Bertz CT molecular complexity index is 610. The zero-order valence-corrected chi connectivity index (χ0v) is 16.7. The van der Waals surface area contributed by atoms with Gasteiger partial charge in [0.2, 0.25) is 11.8 Å². The van der Waals surface area contributed by atoms with Gasteiger partial charge >= 0.3 is 0 Å². The van der Waals surface area contributed by atoms with Crippen LogP contribution in [0.2, 0.25) is 0 Å². The number of likely N-dealkylation sites (N-methyl/N-ethyl adjacent to an activating group) is 1. The van der Waals surface area contributed by atoms with Gasteiger partial charge in [0, 0.05) is 32.0 Å². The molecule has 0 atom stereocenters. The number of halogens is 1. The van der Waals surface area contributed by atoms with Crippen LogP contribution in [0.15, 0.2) is 18.2 Å². The van der Waals surface area contributed by atoms with Gasteiger partial charge in [-0.2, -0.15) is 0 Å². The van der Waals surface area contributed by atoms with E-state index < -0.39 is 5.41 Å². The molecule has 1 saturated heterocycles. The minimum absolute atomic E-state index is 0. The molecule has 1 aromatic carbocycles. The molecule has 1 heterocycles. The van der Waals surface area contributed by atoms with E-state index >= 15 is 0 Å². The van der Waals surface area contributed by atoms with Gasteiger partial charge in [0.15, 0.2) is 0 Å². The number of benzene rings is 1. The standard InChI is InChI=1S/C19H29N3O3.ClH/c1-4-22(18(24)19(13-20)8-10-25-11-9-19)12-16(23)21-17-14(2)6-5-7-15(17)3;/h5-7H,4,8-13,20H2,1-3H3,(H,21,23);1H. The summed E-state index contributed by atoms with van der Waals surface area (Å²) >= 11 is 0.